The van der Waals surface area contributed by atoms with Gasteiger partial charge in [0.1, 0.15) is 5.75 Å². The van der Waals surface area contributed by atoms with Crippen molar-refractivity contribution in [3.63, 3.8) is 0 Å². The molecule has 0 saturated carbocycles. The number of amides is 1. The molecule has 0 bridgehead atoms. The smallest absolute Gasteiger partial charge is 0.406 e. The lowest BCUT2D eigenvalue weighted by Crippen LogP contribution is -2.38. The van der Waals surface area contributed by atoms with Crippen LogP contribution in [0.1, 0.15) is 10.4 Å². The molecular formula is C27H15F6N5O4. The average molecular weight is 587 g/mol. The van der Waals surface area contributed by atoms with Gasteiger partial charge in [-0.05, 0) is 48.5 Å². The summed E-state index contributed by atoms with van der Waals surface area (Å²) in [7, 11) is 0. The molecule has 15 heteroatoms. The van der Waals surface area contributed by atoms with Crippen molar-refractivity contribution in [2.45, 2.75) is 12.5 Å². The number of hydrogen-bond acceptors (Lipinski definition) is 7. The van der Waals surface area contributed by atoms with Gasteiger partial charge in [0, 0.05) is 41.3 Å². The highest BCUT2D eigenvalue weighted by Gasteiger charge is 2.44. The molecule has 0 atom stereocenters. The van der Waals surface area contributed by atoms with Gasteiger partial charge in [0.2, 0.25) is 0 Å². The molecule has 3 aromatic heterocycles. The Morgan fingerprint density at radius 1 is 0.810 bits per heavy atom. The molecule has 0 unspecified atom stereocenters. The molecule has 5 aromatic rings. The summed E-state index contributed by atoms with van der Waals surface area (Å²) >= 11 is 0. The predicted molar refractivity (Wildman–Crippen MR) is 134 cm³/mol. The van der Waals surface area contributed by atoms with E-state index in [4.69, 9.17) is 0 Å². The van der Waals surface area contributed by atoms with Gasteiger partial charge in [0.05, 0.1) is 17.1 Å². The third-order valence-electron chi connectivity index (χ3n) is 5.62. The lowest BCUT2D eigenvalue weighted by Gasteiger charge is -2.22. The Hall–Kier alpha value is -5.47. The number of ether oxygens (including phenoxy) is 1. The van der Waals surface area contributed by atoms with E-state index in [9.17, 15) is 35.9 Å². The number of pyridine rings is 1. The van der Waals surface area contributed by atoms with Gasteiger partial charge in [-0.25, -0.2) is 14.3 Å². The molecule has 0 spiro atoms. The number of anilines is 1. The van der Waals surface area contributed by atoms with Gasteiger partial charge >= 0.3 is 18.5 Å². The van der Waals surface area contributed by atoms with Crippen molar-refractivity contribution in [3.05, 3.63) is 97.0 Å². The summed E-state index contributed by atoms with van der Waals surface area (Å²) in [5.41, 5.74) is 1.52. The van der Waals surface area contributed by atoms with Crippen LogP contribution >= 0.6 is 0 Å². The van der Waals surface area contributed by atoms with Crippen LogP contribution in [0, 0.1) is 0 Å². The van der Waals surface area contributed by atoms with E-state index in [-0.39, 0.29) is 10.8 Å². The molecule has 0 fully saturated rings. The van der Waals surface area contributed by atoms with Gasteiger partial charge in [0.15, 0.2) is 5.65 Å². The summed E-state index contributed by atoms with van der Waals surface area (Å²) < 4.78 is 82.7. The zero-order valence-corrected chi connectivity index (χ0v) is 20.8. The largest absolute Gasteiger partial charge is 0.573 e. The molecular weight excluding hydrogens is 572 g/mol. The Bertz CT molecular complexity index is 1770. The van der Waals surface area contributed by atoms with E-state index in [1.165, 1.54) is 28.9 Å². The standard InChI is InChI=1S/C27H15F6N5O4/c28-26(29,30)25(40)42-38(24(39)18-4-2-6-20(14-18)41-27(31,32)33)19-5-1-3-17(13-19)22-9-12-35-23-15-21(36-37(22)23)16-7-10-34-11-8-16/h1-15H. The van der Waals surface area contributed by atoms with Crippen LogP contribution in [0.25, 0.3) is 28.2 Å². The summed E-state index contributed by atoms with van der Waals surface area (Å²) in [5, 5.41) is 4.58. The monoisotopic (exact) mass is 587 g/mol. The van der Waals surface area contributed by atoms with Crippen LogP contribution in [-0.2, 0) is 9.63 Å². The van der Waals surface area contributed by atoms with Gasteiger partial charge in [-0.3, -0.25) is 9.78 Å². The number of alkyl halides is 6. The predicted octanol–water partition coefficient (Wildman–Crippen LogP) is 6.02. The normalized spacial score (nSPS) is 11.8. The van der Waals surface area contributed by atoms with E-state index in [1.54, 1.807) is 42.7 Å². The zero-order chi connectivity index (χ0) is 30.1. The first kappa shape index (κ1) is 28.1. The summed E-state index contributed by atoms with van der Waals surface area (Å²) in [6.45, 7) is 0. The molecule has 2 aromatic carbocycles. The van der Waals surface area contributed by atoms with Crippen LogP contribution < -0.4 is 9.80 Å². The molecule has 5 rings (SSSR count). The number of carbonyl (C=O) groups is 2. The molecule has 0 radical (unpaired) electrons. The molecule has 0 aliphatic carbocycles. The fraction of sp³-hybridized carbons (Fsp3) is 0.0741. The number of carbonyl (C=O) groups excluding carboxylic acids is 2. The molecule has 0 aliphatic rings. The molecule has 42 heavy (non-hydrogen) atoms. The quantitative estimate of drug-likeness (QED) is 0.183. The topological polar surface area (TPSA) is 98.9 Å². The van der Waals surface area contributed by atoms with Crippen LogP contribution in [-0.4, -0.2) is 44.0 Å². The fourth-order valence-corrected chi connectivity index (χ4v) is 3.86. The third kappa shape index (κ3) is 6.14. The van der Waals surface area contributed by atoms with Crippen LogP contribution in [0.2, 0.25) is 0 Å². The molecule has 3 heterocycles. The Kier molecular flexibility index (Phi) is 7.24. The Balaban J connectivity index is 1.56. The van der Waals surface area contributed by atoms with E-state index in [2.05, 4.69) is 24.6 Å². The maximum absolute atomic E-state index is 13.3. The van der Waals surface area contributed by atoms with E-state index in [1.807, 2.05) is 0 Å². The highest BCUT2D eigenvalue weighted by molar-refractivity contribution is 6.06. The number of hydroxylamine groups is 1. The number of rotatable bonds is 5. The van der Waals surface area contributed by atoms with Gasteiger partial charge in [-0.1, -0.05) is 18.2 Å². The first-order valence-electron chi connectivity index (χ1n) is 11.7. The summed E-state index contributed by atoms with van der Waals surface area (Å²) in [4.78, 5) is 37.7. The minimum absolute atomic E-state index is 0.0376. The maximum atomic E-state index is 13.3. The number of hydrogen-bond donors (Lipinski definition) is 0. The van der Waals surface area contributed by atoms with E-state index >= 15 is 0 Å². The van der Waals surface area contributed by atoms with Gasteiger partial charge in [-0.2, -0.15) is 18.3 Å². The molecule has 0 saturated heterocycles. The lowest BCUT2D eigenvalue weighted by molar-refractivity contribution is -0.274. The number of fused-ring (bicyclic) bond motifs is 1. The molecule has 214 valence electrons. The van der Waals surface area contributed by atoms with Crippen LogP contribution in [0.4, 0.5) is 32.0 Å². The fourth-order valence-electron chi connectivity index (χ4n) is 3.86. The average Bonchev–Trinajstić information content (AvgIpc) is 3.39. The van der Waals surface area contributed by atoms with Crippen LogP contribution in [0.3, 0.4) is 0 Å². The molecule has 0 aliphatic heterocycles. The van der Waals surface area contributed by atoms with Crippen molar-refractivity contribution < 1.29 is 45.5 Å². The molecule has 1 amide bonds. The minimum Gasteiger partial charge on any atom is -0.406 e. The lowest BCUT2D eigenvalue weighted by atomic mass is 10.1. The van der Waals surface area contributed by atoms with Gasteiger partial charge < -0.3 is 9.57 Å². The Morgan fingerprint density at radius 2 is 1.55 bits per heavy atom. The van der Waals surface area contributed by atoms with Crippen molar-refractivity contribution in [1.29, 1.82) is 0 Å². The van der Waals surface area contributed by atoms with Crippen LogP contribution in [0.5, 0.6) is 5.75 Å². The number of aromatic nitrogens is 4. The second kappa shape index (κ2) is 10.8. The Morgan fingerprint density at radius 3 is 2.26 bits per heavy atom. The number of benzene rings is 2. The van der Waals surface area contributed by atoms with Gasteiger partial charge in [-0.15, -0.1) is 18.2 Å². The summed E-state index contributed by atoms with van der Waals surface area (Å²) in [6.07, 6.45) is -5.97. The second-order valence-corrected chi connectivity index (χ2v) is 8.47. The Labute approximate surface area is 231 Å². The van der Waals surface area contributed by atoms with Crippen molar-refractivity contribution in [1.82, 2.24) is 19.6 Å². The first-order valence-corrected chi connectivity index (χ1v) is 11.7. The minimum atomic E-state index is -5.49. The van der Waals surface area contributed by atoms with E-state index in [0.29, 0.717) is 28.7 Å². The third-order valence-corrected chi connectivity index (χ3v) is 5.62. The highest BCUT2D eigenvalue weighted by Crippen LogP contribution is 2.30. The van der Waals surface area contributed by atoms with E-state index < -0.39 is 35.7 Å². The van der Waals surface area contributed by atoms with Crippen molar-refractivity contribution >= 4 is 23.2 Å². The molecule has 9 nitrogen and oxygen atoms in total. The number of nitrogens with zero attached hydrogens (tertiary/aromatic N) is 5. The van der Waals surface area contributed by atoms with Crippen molar-refractivity contribution in [3.8, 4) is 28.3 Å². The van der Waals surface area contributed by atoms with Crippen LogP contribution in [0.15, 0.2) is 91.4 Å². The second-order valence-electron chi connectivity index (χ2n) is 8.47. The maximum Gasteiger partial charge on any atom is 0.573 e. The summed E-state index contributed by atoms with van der Waals surface area (Å²) in [5.74, 6) is -4.92. The van der Waals surface area contributed by atoms with E-state index in [0.717, 1.165) is 23.8 Å². The first-order chi connectivity index (χ1) is 19.9. The van der Waals surface area contributed by atoms with Crippen molar-refractivity contribution in [2.75, 3.05) is 5.06 Å². The SMILES string of the molecule is O=C(c1cccc(OC(F)(F)F)c1)N(OC(=O)C(F)(F)F)c1cccc(-c2ccnc3cc(-c4ccncc4)nn23)c1. The number of halogens is 6. The summed E-state index contributed by atoms with van der Waals surface area (Å²) in [6, 6.07) is 15.6. The zero-order valence-electron chi connectivity index (χ0n) is 20.8. The molecule has 0 N–H and O–H groups in total. The van der Waals surface area contributed by atoms with Crippen molar-refractivity contribution in [2.24, 2.45) is 0 Å². The highest BCUT2D eigenvalue weighted by atomic mass is 19.4. The van der Waals surface area contributed by atoms with Gasteiger partial charge in [0.25, 0.3) is 5.91 Å².